The topological polar surface area (TPSA) is 145 Å². The number of esters is 1. The number of hydrogen-bond donors (Lipinski definition) is 1. The summed E-state index contributed by atoms with van der Waals surface area (Å²) in [4.78, 5) is 48.0. The quantitative estimate of drug-likeness (QED) is 0.270. The molecule has 0 bridgehead atoms. The van der Waals surface area contributed by atoms with Crippen LogP contribution in [-0.4, -0.2) is 51.2 Å². The maximum absolute atomic E-state index is 12.8. The first-order valence-corrected chi connectivity index (χ1v) is 12.1. The monoisotopic (exact) mass is 555 g/mol. The average molecular weight is 556 g/mol. The van der Waals surface area contributed by atoms with E-state index in [9.17, 15) is 37.5 Å². The summed E-state index contributed by atoms with van der Waals surface area (Å²) in [5, 5.41) is 17.3. The number of carbonyl (C=O) groups is 2. The van der Waals surface area contributed by atoms with E-state index in [2.05, 4.69) is 10.4 Å². The Labute approximate surface area is 221 Å². The zero-order chi connectivity index (χ0) is 29.2. The number of ether oxygens (including phenoxy) is 2. The number of halogens is 3. The predicted octanol–water partition coefficient (Wildman–Crippen LogP) is 1.43. The van der Waals surface area contributed by atoms with Crippen molar-refractivity contribution in [1.82, 2.24) is 14.3 Å². The van der Waals surface area contributed by atoms with Gasteiger partial charge >= 0.3 is 17.8 Å². The molecule has 1 aromatic heterocycles. The maximum atomic E-state index is 12.8. The zero-order valence-corrected chi connectivity index (χ0v) is 21.7. The second-order valence-corrected chi connectivity index (χ2v) is 8.86. The van der Waals surface area contributed by atoms with Crippen LogP contribution in [0.15, 0.2) is 46.0 Å². The van der Waals surface area contributed by atoms with Crippen LogP contribution in [0.5, 0.6) is 5.75 Å². The van der Waals surface area contributed by atoms with Crippen LogP contribution in [0.3, 0.4) is 0 Å². The Morgan fingerprint density at radius 1 is 1.15 bits per heavy atom. The molecule has 0 aliphatic carbocycles. The normalized spacial score (nSPS) is 11.9. The van der Waals surface area contributed by atoms with Crippen molar-refractivity contribution >= 4 is 17.8 Å². The molecule has 2 rings (SSSR count). The van der Waals surface area contributed by atoms with Gasteiger partial charge in [-0.15, -0.1) is 5.10 Å². The number of aromatic nitrogens is 3. The third-order valence-electron chi connectivity index (χ3n) is 5.26. The van der Waals surface area contributed by atoms with Crippen molar-refractivity contribution < 1.29 is 37.3 Å². The molecule has 0 saturated carbocycles. The van der Waals surface area contributed by atoms with Gasteiger partial charge < -0.3 is 24.7 Å². The number of rotatable bonds is 14. The van der Waals surface area contributed by atoms with Crippen LogP contribution < -0.4 is 26.4 Å². The molecule has 14 heteroatoms. The number of hydrogen-bond acceptors (Lipinski definition) is 9. The van der Waals surface area contributed by atoms with Crippen molar-refractivity contribution in [2.75, 3.05) is 18.5 Å². The standard InChI is InChI=1S/C25H31F3N4O7/c1-4-38-22(36)24(2,3)39-18-10-8-17(9-11-18)12-14-29-20-21(35)31(15-6-13-25(26,27)28)23(37)32(30-20)16-5-7-19(33)34/h5,7-11H,4,6,12-16H2,1-3H3,(H,29,30)(H,33,34)/p-1. The van der Waals surface area contributed by atoms with Gasteiger partial charge in [0.25, 0.3) is 5.56 Å². The van der Waals surface area contributed by atoms with Crippen molar-refractivity contribution in [2.24, 2.45) is 0 Å². The molecule has 0 spiro atoms. The molecule has 0 unspecified atom stereocenters. The molecule has 0 radical (unpaired) electrons. The van der Waals surface area contributed by atoms with Crippen LogP contribution in [-0.2, 0) is 33.8 Å². The molecule has 1 N–H and O–H groups in total. The zero-order valence-electron chi connectivity index (χ0n) is 21.7. The molecule has 2 aromatic rings. The first kappa shape index (κ1) is 31.1. The van der Waals surface area contributed by atoms with E-state index in [4.69, 9.17) is 9.47 Å². The summed E-state index contributed by atoms with van der Waals surface area (Å²) in [5.41, 5.74) is -2.24. The van der Waals surface area contributed by atoms with Crippen LogP contribution in [0.25, 0.3) is 0 Å². The number of anilines is 1. The summed E-state index contributed by atoms with van der Waals surface area (Å²) in [5.74, 6) is -1.86. The number of aliphatic carboxylic acids is 1. The molecule has 1 heterocycles. The summed E-state index contributed by atoms with van der Waals surface area (Å²) < 4.78 is 49.8. The van der Waals surface area contributed by atoms with Crippen molar-refractivity contribution in [1.29, 1.82) is 0 Å². The lowest BCUT2D eigenvalue weighted by Gasteiger charge is -2.24. The van der Waals surface area contributed by atoms with Crippen LogP contribution >= 0.6 is 0 Å². The molecular weight excluding hydrogens is 525 g/mol. The lowest BCUT2D eigenvalue weighted by Crippen LogP contribution is -2.43. The number of carboxylic acid groups (broad SMARTS) is 1. The Morgan fingerprint density at radius 3 is 2.41 bits per heavy atom. The highest BCUT2D eigenvalue weighted by molar-refractivity contribution is 5.79. The van der Waals surface area contributed by atoms with E-state index in [1.54, 1.807) is 45.0 Å². The molecule has 0 amide bonds. The molecule has 39 heavy (non-hydrogen) atoms. The molecule has 1 aromatic carbocycles. The highest BCUT2D eigenvalue weighted by atomic mass is 19.4. The molecular formula is C25H30F3N4O7-. The van der Waals surface area contributed by atoms with E-state index < -0.39 is 54.4 Å². The molecule has 0 fully saturated rings. The second-order valence-electron chi connectivity index (χ2n) is 8.86. The Hall–Kier alpha value is -4.10. The molecule has 0 atom stereocenters. The van der Waals surface area contributed by atoms with Gasteiger partial charge in [-0.2, -0.15) is 13.2 Å². The van der Waals surface area contributed by atoms with Crippen LogP contribution in [0.1, 0.15) is 39.2 Å². The molecule has 0 saturated heterocycles. The van der Waals surface area contributed by atoms with Crippen LogP contribution in [0, 0.1) is 0 Å². The number of benzene rings is 1. The van der Waals surface area contributed by atoms with Crippen LogP contribution in [0.2, 0.25) is 0 Å². The highest BCUT2D eigenvalue weighted by Gasteiger charge is 2.31. The number of nitrogens with one attached hydrogen (secondary N) is 1. The minimum Gasteiger partial charge on any atom is -0.545 e. The Kier molecular flexibility index (Phi) is 10.9. The van der Waals surface area contributed by atoms with Gasteiger partial charge in [-0.3, -0.25) is 9.36 Å². The van der Waals surface area contributed by atoms with Gasteiger partial charge in [0.05, 0.1) is 19.1 Å². The van der Waals surface area contributed by atoms with Gasteiger partial charge in [-0.1, -0.05) is 18.2 Å². The summed E-state index contributed by atoms with van der Waals surface area (Å²) in [6, 6.07) is 6.80. The minimum absolute atomic E-state index is 0.173. The Balaban J connectivity index is 2.14. The molecule has 214 valence electrons. The van der Waals surface area contributed by atoms with E-state index in [0.717, 1.165) is 16.3 Å². The third-order valence-corrected chi connectivity index (χ3v) is 5.26. The van der Waals surface area contributed by atoms with E-state index in [1.807, 2.05) is 0 Å². The predicted molar refractivity (Wildman–Crippen MR) is 132 cm³/mol. The number of allylic oxidation sites excluding steroid dienone is 1. The summed E-state index contributed by atoms with van der Waals surface area (Å²) in [6.07, 6.45) is -4.03. The van der Waals surface area contributed by atoms with Gasteiger partial charge in [-0.25, -0.2) is 14.3 Å². The smallest absolute Gasteiger partial charge is 0.389 e. The van der Waals surface area contributed by atoms with Gasteiger partial charge in [0.1, 0.15) is 5.75 Å². The lowest BCUT2D eigenvalue weighted by atomic mass is 10.1. The summed E-state index contributed by atoms with van der Waals surface area (Å²) in [6.45, 7) is 4.41. The minimum atomic E-state index is -4.46. The first-order valence-electron chi connectivity index (χ1n) is 12.1. The average Bonchev–Trinajstić information content (AvgIpc) is 2.84. The molecule has 11 nitrogen and oxygen atoms in total. The van der Waals surface area contributed by atoms with Crippen molar-refractivity contribution in [3.8, 4) is 5.75 Å². The van der Waals surface area contributed by atoms with E-state index >= 15 is 0 Å². The Morgan fingerprint density at radius 2 is 1.82 bits per heavy atom. The fourth-order valence-electron chi connectivity index (χ4n) is 3.36. The maximum Gasteiger partial charge on any atom is 0.389 e. The van der Waals surface area contributed by atoms with Crippen molar-refractivity contribution in [3.05, 3.63) is 62.8 Å². The third kappa shape index (κ3) is 9.94. The number of alkyl halides is 3. The Bertz CT molecular complexity index is 1280. The van der Waals surface area contributed by atoms with E-state index in [0.29, 0.717) is 22.8 Å². The van der Waals surface area contributed by atoms with Gasteiger partial charge in [-0.05, 0) is 57.4 Å². The van der Waals surface area contributed by atoms with E-state index in [-0.39, 0.29) is 25.5 Å². The SMILES string of the molecule is CCOC(=O)C(C)(C)Oc1ccc(CCNc2nn(CC=CC(=O)[O-])c(=O)n(CCCC(F)(F)F)c2=O)cc1. The second kappa shape index (κ2) is 13.6. The largest absolute Gasteiger partial charge is 0.545 e. The van der Waals surface area contributed by atoms with Gasteiger partial charge in [0.15, 0.2) is 5.60 Å². The number of carboxylic acids is 1. The molecule has 0 aliphatic heterocycles. The molecule has 0 aliphatic rings. The van der Waals surface area contributed by atoms with E-state index in [1.165, 1.54) is 0 Å². The van der Waals surface area contributed by atoms with Crippen molar-refractivity contribution in [3.63, 3.8) is 0 Å². The van der Waals surface area contributed by atoms with Crippen molar-refractivity contribution in [2.45, 2.75) is 64.9 Å². The fraction of sp³-hybridized carbons (Fsp3) is 0.480. The summed E-state index contributed by atoms with van der Waals surface area (Å²) in [7, 11) is 0. The number of nitrogens with zero attached hydrogens (tertiary/aromatic N) is 3. The summed E-state index contributed by atoms with van der Waals surface area (Å²) >= 11 is 0. The fourth-order valence-corrected chi connectivity index (χ4v) is 3.36. The lowest BCUT2D eigenvalue weighted by molar-refractivity contribution is -0.297. The van der Waals surface area contributed by atoms with Gasteiger partial charge in [0.2, 0.25) is 5.82 Å². The van der Waals surface area contributed by atoms with Gasteiger partial charge in [0, 0.05) is 19.5 Å². The first-order chi connectivity index (χ1) is 18.2. The number of carbonyl (C=O) groups excluding carboxylic acids is 2. The highest BCUT2D eigenvalue weighted by Crippen LogP contribution is 2.22. The van der Waals surface area contributed by atoms with Crippen LogP contribution in [0.4, 0.5) is 19.0 Å².